The lowest BCUT2D eigenvalue weighted by molar-refractivity contribution is -0.384. The Morgan fingerprint density at radius 3 is 2.29 bits per heavy atom. The van der Waals surface area contributed by atoms with Gasteiger partial charge in [0.1, 0.15) is 0 Å². The van der Waals surface area contributed by atoms with E-state index in [0.29, 0.717) is 33.1 Å². The Labute approximate surface area is 224 Å². The van der Waals surface area contributed by atoms with Gasteiger partial charge in [-0.2, -0.15) is 0 Å². The van der Waals surface area contributed by atoms with Crippen molar-refractivity contribution in [1.82, 2.24) is 0 Å². The summed E-state index contributed by atoms with van der Waals surface area (Å²) in [4.78, 5) is 23.9. The quantitative estimate of drug-likeness (QED) is 0.112. The SMILES string of the molecule is Cc1c(Cl)cccc1NS(=O)(=O)c1ccc(NC(=O)/C(=C/c2cccc([N+](=O)[O-])c2)c2ccccc2)cc1. The number of nitrogens with one attached hydrogen (secondary N) is 2. The zero-order chi connectivity index (χ0) is 27.3. The first-order valence-electron chi connectivity index (χ1n) is 11.3. The third-order valence-corrected chi connectivity index (χ3v) is 7.45. The van der Waals surface area contributed by atoms with Crippen molar-refractivity contribution >= 4 is 56.2 Å². The first kappa shape index (κ1) is 26.6. The summed E-state index contributed by atoms with van der Waals surface area (Å²) < 4.78 is 28.3. The number of hydrogen-bond acceptors (Lipinski definition) is 5. The largest absolute Gasteiger partial charge is 0.322 e. The van der Waals surface area contributed by atoms with E-state index in [0.717, 1.165) is 0 Å². The van der Waals surface area contributed by atoms with Crippen molar-refractivity contribution in [3.8, 4) is 0 Å². The van der Waals surface area contributed by atoms with Crippen molar-refractivity contribution in [3.05, 3.63) is 129 Å². The normalized spacial score (nSPS) is 11.6. The van der Waals surface area contributed by atoms with Crippen LogP contribution in [0.25, 0.3) is 11.6 Å². The molecule has 0 fully saturated rings. The Bertz CT molecular complexity index is 1640. The fourth-order valence-corrected chi connectivity index (χ4v) is 4.93. The van der Waals surface area contributed by atoms with Crippen molar-refractivity contribution in [2.75, 3.05) is 10.0 Å². The Morgan fingerprint density at radius 1 is 0.921 bits per heavy atom. The number of benzene rings is 4. The maximum absolute atomic E-state index is 13.3. The van der Waals surface area contributed by atoms with Gasteiger partial charge in [-0.1, -0.05) is 60.1 Å². The van der Waals surface area contributed by atoms with Crippen molar-refractivity contribution in [3.63, 3.8) is 0 Å². The molecule has 192 valence electrons. The van der Waals surface area contributed by atoms with E-state index in [-0.39, 0.29) is 16.2 Å². The van der Waals surface area contributed by atoms with Gasteiger partial charge in [0.05, 0.1) is 15.5 Å². The summed E-state index contributed by atoms with van der Waals surface area (Å²) in [7, 11) is -3.90. The van der Waals surface area contributed by atoms with E-state index in [9.17, 15) is 23.3 Å². The van der Waals surface area contributed by atoms with E-state index in [2.05, 4.69) is 10.0 Å². The second-order valence-corrected chi connectivity index (χ2v) is 10.4. The van der Waals surface area contributed by atoms with Crippen LogP contribution < -0.4 is 10.0 Å². The number of sulfonamides is 1. The number of non-ortho nitro benzene ring substituents is 1. The molecular formula is C28H22ClN3O5S. The lowest BCUT2D eigenvalue weighted by Gasteiger charge is -2.13. The number of carbonyl (C=O) groups excluding carboxylic acids is 1. The third-order valence-electron chi connectivity index (χ3n) is 5.66. The summed E-state index contributed by atoms with van der Waals surface area (Å²) in [6, 6.07) is 25.5. The van der Waals surface area contributed by atoms with Crippen molar-refractivity contribution in [1.29, 1.82) is 0 Å². The fraction of sp³-hybridized carbons (Fsp3) is 0.0357. The van der Waals surface area contributed by atoms with Crippen LogP contribution in [-0.4, -0.2) is 19.2 Å². The minimum Gasteiger partial charge on any atom is -0.322 e. The Balaban J connectivity index is 1.58. The molecule has 0 saturated carbocycles. The van der Waals surface area contributed by atoms with Gasteiger partial charge < -0.3 is 5.32 Å². The average molecular weight is 548 g/mol. The lowest BCUT2D eigenvalue weighted by Crippen LogP contribution is -2.15. The molecule has 0 bridgehead atoms. The van der Waals surface area contributed by atoms with Crippen LogP contribution in [0.2, 0.25) is 5.02 Å². The fourth-order valence-electron chi connectivity index (χ4n) is 3.63. The summed E-state index contributed by atoms with van der Waals surface area (Å²) in [5.74, 6) is -0.467. The van der Waals surface area contributed by atoms with Crippen LogP contribution in [0.4, 0.5) is 17.1 Å². The number of nitro benzene ring substituents is 1. The van der Waals surface area contributed by atoms with Crippen molar-refractivity contribution < 1.29 is 18.1 Å². The van der Waals surface area contributed by atoms with Gasteiger partial charge in [-0.3, -0.25) is 19.6 Å². The predicted octanol–water partition coefficient (Wildman–Crippen LogP) is 6.54. The second-order valence-electron chi connectivity index (χ2n) is 8.27. The molecule has 0 aliphatic carbocycles. The zero-order valence-electron chi connectivity index (χ0n) is 20.1. The number of nitro groups is 1. The van der Waals surface area contributed by atoms with Crippen LogP contribution in [-0.2, 0) is 14.8 Å². The molecule has 0 aliphatic rings. The number of hydrogen-bond donors (Lipinski definition) is 2. The van der Waals surface area contributed by atoms with E-state index in [1.54, 1.807) is 67.6 Å². The standard InChI is InChI=1S/C28H22ClN3O5S/c1-19-26(29)11-6-12-27(19)31-38(36,37)24-15-13-22(14-16-24)30-28(33)25(21-8-3-2-4-9-21)18-20-7-5-10-23(17-20)32(34)35/h2-18,31H,1H3,(H,30,33)/b25-18+. The van der Waals surface area contributed by atoms with Crippen molar-refractivity contribution in [2.45, 2.75) is 11.8 Å². The van der Waals surface area contributed by atoms with Crippen LogP contribution in [0.15, 0.2) is 102 Å². The molecule has 0 saturated heterocycles. The molecule has 38 heavy (non-hydrogen) atoms. The molecule has 4 aromatic carbocycles. The van der Waals surface area contributed by atoms with Gasteiger partial charge in [0.15, 0.2) is 0 Å². The maximum Gasteiger partial charge on any atom is 0.270 e. The summed E-state index contributed by atoms with van der Waals surface area (Å²) in [6.07, 6.45) is 1.56. The molecule has 0 heterocycles. The molecular weight excluding hydrogens is 526 g/mol. The number of nitrogens with zero attached hydrogens (tertiary/aromatic N) is 1. The maximum atomic E-state index is 13.3. The van der Waals surface area contributed by atoms with E-state index in [1.165, 1.54) is 36.4 Å². The lowest BCUT2D eigenvalue weighted by atomic mass is 10.0. The molecule has 0 atom stereocenters. The van der Waals surface area contributed by atoms with Gasteiger partial charge >= 0.3 is 0 Å². The predicted molar refractivity (Wildman–Crippen MR) is 149 cm³/mol. The second kappa shape index (κ2) is 11.3. The highest BCUT2D eigenvalue weighted by Gasteiger charge is 2.18. The molecule has 0 spiro atoms. The molecule has 2 N–H and O–H groups in total. The molecule has 1 amide bonds. The number of amides is 1. The summed E-state index contributed by atoms with van der Waals surface area (Å²) in [6.45, 7) is 1.71. The molecule has 4 aromatic rings. The average Bonchev–Trinajstić information content (AvgIpc) is 2.91. The number of anilines is 2. The highest BCUT2D eigenvalue weighted by molar-refractivity contribution is 7.92. The molecule has 8 nitrogen and oxygen atoms in total. The van der Waals surface area contributed by atoms with Crippen LogP contribution in [0, 0.1) is 17.0 Å². The smallest absolute Gasteiger partial charge is 0.270 e. The van der Waals surface area contributed by atoms with Gasteiger partial charge in [0.2, 0.25) is 0 Å². The summed E-state index contributed by atoms with van der Waals surface area (Å²) in [5.41, 5.74) is 2.62. The summed E-state index contributed by atoms with van der Waals surface area (Å²) in [5, 5.41) is 14.4. The molecule has 0 aromatic heterocycles. The molecule has 0 unspecified atom stereocenters. The van der Waals surface area contributed by atoms with E-state index in [1.807, 2.05) is 6.07 Å². The Morgan fingerprint density at radius 2 is 1.61 bits per heavy atom. The molecule has 10 heteroatoms. The van der Waals surface area contributed by atoms with Gasteiger partial charge in [-0.05, 0) is 66.1 Å². The number of carbonyl (C=O) groups is 1. The van der Waals surface area contributed by atoms with Gasteiger partial charge in [0.25, 0.3) is 21.6 Å². The monoisotopic (exact) mass is 547 g/mol. The van der Waals surface area contributed by atoms with E-state index < -0.39 is 20.9 Å². The first-order chi connectivity index (χ1) is 18.1. The van der Waals surface area contributed by atoms with Gasteiger partial charge in [-0.25, -0.2) is 8.42 Å². The molecule has 4 rings (SSSR count). The number of halogens is 1. The Hall–Kier alpha value is -4.47. The van der Waals surface area contributed by atoms with E-state index >= 15 is 0 Å². The highest BCUT2D eigenvalue weighted by Crippen LogP contribution is 2.27. The third kappa shape index (κ3) is 6.26. The van der Waals surface area contributed by atoms with E-state index in [4.69, 9.17) is 11.6 Å². The minimum atomic E-state index is -3.90. The zero-order valence-corrected chi connectivity index (χ0v) is 21.7. The summed E-state index contributed by atoms with van der Waals surface area (Å²) >= 11 is 6.09. The van der Waals surface area contributed by atoms with Gasteiger partial charge in [0, 0.05) is 28.4 Å². The highest BCUT2D eigenvalue weighted by atomic mass is 35.5. The minimum absolute atomic E-state index is 0.00490. The van der Waals surface area contributed by atoms with Gasteiger partial charge in [-0.15, -0.1) is 0 Å². The topological polar surface area (TPSA) is 118 Å². The van der Waals surface area contributed by atoms with Crippen LogP contribution in [0.5, 0.6) is 0 Å². The first-order valence-corrected chi connectivity index (χ1v) is 13.2. The van der Waals surface area contributed by atoms with Crippen LogP contribution in [0.3, 0.4) is 0 Å². The molecule has 0 aliphatic heterocycles. The Kier molecular flexibility index (Phi) is 7.90. The molecule has 0 radical (unpaired) electrons. The van der Waals surface area contributed by atoms with Crippen molar-refractivity contribution in [2.24, 2.45) is 0 Å². The number of rotatable bonds is 8. The van der Waals surface area contributed by atoms with Crippen LogP contribution in [0.1, 0.15) is 16.7 Å². The van der Waals surface area contributed by atoms with Crippen LogP contribution >= 0.6 is 11.6 Å².